The van der Waals surface area contributed by atoms with Gasteiger partial charge in [0.25, 0.3) is 0 Å². The molecule has 0 amide bonds. The number of sulfone groups is 1. The fourth-order valence-corrected chi connectivity index (χ4v) is 4.12. The summed E-state index contributed by atoms with van der Waals surface area (Å²) in [5.74, 6) is -0.210. The molecule has 1 aromatic heterocycles. The summed E-state index contributed by atoms with van der Waals surface area (Å²) in [6.45, 7) is 1.96. The average Bonchev–Trinajstić information content (AvgIpc) is 3.01. The molecule has 0 atom stereocenters. The van der Waals surface area contributed by atoms with Crippen LogP contribution < -0.4 is 0 Å². The van der Waals surface area contributed by atoms with Crippen molar-refractivity contribution in [1.82, 2.24) is 4.98 Å². The van der Waals surface area contributed by atoms with Gasteiger partial charge in [-0.2, -0.15) is 0 Å². The van der Waals surface area contributed by atoms with E-state index in [4.69, 9.17) is 0 Å². The van der Waals surface area contributed by atoms with Gasteiger partial charge in [0.2, 0.25) is 0 Å². The number of hydrogen-bond acceptors (Lipinski definition) is 5. The zero-order valence-corrected chi connectivity index (χ0v) is 15.5. The van der Waals surface area contributed by atoms with Crippen LogP contribution in [0.2, 0.25) is 0 Å². The predicted octanol–water partition coefficient (Wildman–Crippen LogP) is 3.95. The van der Waals surface area contributed by atoms with Crippen molar-refractivity contribution in [3.63, 3.8) is 0 Å². The number of ketones is 1. The first-order valence-corrected chi connectivity index (χ1v) is 10.5. The number of thiazole rings is 1. The highest BCUT2D eigenvalue weighted by molar-refractivity contribution is 7.90. The highest BCUT2D eigenvalue weighted by Gasteiger charge is 2.18. The number of rotatable bonds is 5. The number of aromatic nitrogens is 1. The summed E-state index contributed by atoms with van der Waals surface area (Å²) < 4.78 is 23.7. The molecule has 6 heteroatoms. The predicted molar refractivity (Wildman–Crippen MR) is 99.9 cm³/mol. The van der Waals surface area contributed by atoms with E-state index in [0.717, 1.165) is 28.1 Å². The molecule has 25 heavy (non-hydrogen) atoms. The minimum absolute atomic E-state index is 0.0783. The van der Waals surface area contributed by atoms with E-state index in [1.54, 1.807) is 29.5 Å². The molecule has 4 nitrogen and oxygen atoms in total. The third kappa shape index (κ3) is 4.03. The van der Waals surface area contributed by atoms with Gasteiger partial charge in [-0.1, -0.05) is 42.5 Å². The lowest BCUT2D eigenvalue weighted by Gasteiger charge is -2.07. The summed E-state index contributed by atoms with van der Waals surface area (Å²) in [6.07, 6.45) is 1.27. The van der Waals surface area contributed by atoms with E-state index in [-0.39, 0.29) is 22.7 Å². The van der Waals surface area contributed by atoms with Crippen molar-refractivity contribution < 1.29 is 13.2 Å². The Kier molecular flexibility index (Phi) is 4.83. The molecule has 0 aliphatic heterocycles. The first-order chi connectivity index (χ1) is 11.8. The van der Waals surface area contributed by atoms with Crippen LogP contribution in [-0.2, 0) is 16.3 Å². The molecule has 0 spiro atoms. The summed E-state index contributed by atoms with van der Waals surface area (Å²) in [6, 6.07) is 13.9. The highest BCUT2D eigenvalue weighted by Crippen LogP contribution is 2.23. The van der Waals surface area contributed by atoms with Gasteiger partial charge in [0.1, 0.15) is 0 Å². The van der Waals surface area contributed by atoms with Crippen molar-refractivity contribution in [3.8, 4) is 11.3 Å². The van der Waals surface area contributed by atoms with Gasteiger partial charge in [-0.3, -0.25) is 4.79 Å². The molecular formula is C19H17NO3S2. The van der Waals surface area contributed by atoms with Crippen molar-refractivity contribution in [2.24, 2.45) is 0 Å². The molecule has 2 aromatic carbocycles. The van der Waals surface area contributed by atoms with E-state index >= 15 is 0 Å². The average molecular weight is 371 g/mol. The van der Waals surface area contributed by atoms with Crippen LogP contribution in [0.4, 0.5) is 0 Å². The Morgan fingerprint density at radius 1 is 1.08 bits per heavy atom. The summed E-state index contributed by atoms with van der Waals surface area (Å²) in [4.78, 5) is 17.1. The van der Waals surface area contributed by atoms with Crippen molar-refractivity contribution in [2.45, 2.75) is 18.2 Å². The third-order valence-electron chi connectivity index (χ3n) is 3.82. The molecule has 3 aromatic rings. The Morgan fingerprint density at radius 2 is 1.76 bits per heavy atom. The number of Topliss-reactive ketones (excluding diaryl/α,β-unsaturated/α-hetero) is 1. The first-order valence-electron chi connectivity index (χ1n) is 7.68. The number of carbonyl (C=O) groups is 1. The molecule has 0 aliphatic carbocycles. The molecule has 0 aliphatic rings. The summed E-state index contributed by atoms with van der Waals surface area (Å²) in [5, 5.41) is 3.00. The molecule has 0 saturated carbocycles. The number of hydrogen-bond donors (Lipinski definition) is 0. The number of aryl methyl sites for hydroxylation is 1. The minimum atomic E-state index is -3.44. The number of benzene rings is 2. The second-order valence-electron chi connectivity index (χ2n) is 5.82. The zero-order valence-electron chi connectivity index (χ0n) is 13.9. The van der Waals surface area contributed by atoms with Gasteiger partial charge in [-0.25, -0.2) is 13.4 Å². The standard InChI is InChI=1S/C19H17NO3S2/c1-13-20-17(12-24-13)15-9-7-14(8-10-15)11-18(21)16-5-3-4-6-19(16)25(2,22)23/h3-10,12H,11H2,1-2H3. The third-order valence-corrected chi connectivity index (χ3v) is 5.75. The molecule has 3 rings (SSSR count). The summed E-state index contributed by atoms with van der Waals surface area (Å²) >= 11 is 1.59. The van der Waals surface area contributed by atoms with E-state index in [1.807, 2.05) is 36.6 Å². The largest absolute Gasteiger partial charge is 0.294 e. The van der Waals surface area contributed by atoms with Crippen LogP contribution in [0.5, 0.6) is 0 Å². The van der Waals surface area contributed by atoms with Crippen LogP contribution in [0.1, 0.15) is 20.9 Å². The number of nitrogens with zero attached hydrogens (tertiary/aromatic N) is 1. The van der Waals surface area contributed by atoms with Crippen molar-refractivity contribution in [1.29, 1.82) is 0 Å². The quantitative estimate of drug-likeness (QED) is 0.637. The Labute approximate surface area is 151 Å². The molecular weight excluding hydrogens is 354 g/mol. The molecule has 0 N–H and O–H groups in total. The molecule has 0 fully saturated rings. The lowest BCUT2D eigenvalue weighted by Crippen LogP contribution is -2.10. The molecule has 0 bridgehead atoms. The smallest absolute Gasteiger partial charge is 0.176 e. The van der Waals surface area contributed by atoms with Gasteiger partial charge in [-0.05, 0) is 18.6 Å². The van der Waals surface area contributed by atoms with E-state index in [2.05, 4.69) is 4.98 Å². The summed E-state index contributed by atoms with van der Waals surface area (Å²) in [5.41, 5.74) is 2.99. The Morgan fingerprint density at radius 3 is 2.36 bits per heavy atom. The van der Waals surface area contributed by atoms with E-state index in [1.165, 1.54) is 6.07 Å². The van der Waals surface area contributed by atoms with Gasteiger partial charge in [0.05, 0.1) is 15.6 Å². The normalized spacial score (nSPS) is 11.4. The lowest BCUT2D eigenvalue weighted by atomic mass is 10.0. The van der Waals surface area contributed by atoms with Gasteiger partial charge in [0.15, 0.2) is 15.6 Å². The Hall–Kier alpha value is -2.31. The molecule has 0 unspecified atom stereocenters. The zero-order chi connectivity index (χ0) is 18.0. The van der Waals surface area contributed by atoms with Crippen molar-refractivity contribution in [3.05, 3.63) is 70.0 Å². The van der Waals surface area contributed by atoms with Gasteiger partial charge >= 0.3 is 0 Å². The van der Waals surface area contributed by atoms with Crippen LogP contribution in [0.25, 0.3) is 11.3 Å². The van der Waals surface area contributed by atoms with E-state index in [0.29, 0.717) is 0 Å². The second-order valence-corrected chi connectivity index (χ2v) is 8.86. The van der Waals surface area contributed by atoms with Gasteiger partial charge < -0.3 is 0 Å². The molecule has 0 radical (unpaired) electrons. The van der Waals surface area contributed by atoms with Gasteiger partial charge in [0, 0.05) is 29.2 Å². The lowest BCUT2D eigenvalue weighted by molar-refractivity contribution is 0.0990. The fourth-order valence-electron chi connectivity index (χ4n) is 2.59. The second kappa shape index (κ2) is 6.90. The maximum Gasteiger partial charge on any atom is 0.176 e. The summed E-state index contributed by atoms with van der Waals surface area (Å²) in [7, 11) is -3.44. The maximum atomic E-state index is 12.6. The van der Waals surface area contributed by atoms with E-state index in [9.17, 15) is 13.2 Å². The number of carbonyl (C=O) groups excluding carboxylic acids is 1. The van der Waals surface area contributed by atoms with Crippen LogP contribution in [0.15, 0.2) is 58.8 Å². The minimum Gasteiger partial charge on any atom is -0.294 e. The van der Waals surface area contributed by atoms with Crippen LogP contribution in [0.3, 0.4) is 0 Å². The van der Waals surface area contributed by atoms with Crippen LogP contribution in [-0.4, -0.2) is 25.4 Å². The van der Waals surface area contributed by atoms with Crippen molar-refractivity contribution in [2.75, 3.05) is 6.26 Å². The Bertz CT molecular complexity index is 1020. The maximum absolute atomic E-state index is 12.6. The van der Waals surface area contributed by atoms with Crippen LogP contribution >= 0.6 is 11.3 Å². The van der Waals surface area contributed by atoms with E-state index < -0.39 is 9.84 Å². The topological polar surface area (TPSA) is 64.1 Å². The SMILES string of the molecule is Cc1nc(-c2ccc(CC(=O)c3ccccc3S(C)(=O)=O)cc2)cs1. The van der Waals surface area contributed by atoms with Crippen LogP contribution in [0, 0.1) is 6.92 Å². The Balaban J connectivity index is 1.83. The fraction of sp³-hybridized carbons (Fsp3) is 0.158. The van der Waals surface area contributed by atoms with Gasteiger partial charge in [-0.15, -0.1) is 11.3 Å². The molecule has 128 valence electrons. The first kappa shape index (κ1) is 17.5. The van der Waals surface area contributed by atoms with Crippen molar-refractivity contribution >= 4 is 27.0 Å². The molecule has 0 saturated heterocycles. The molecule has 1 heterocycles. The highest BCUT2D eigenvalue weighted by atomic mass is 32.2. The monoisotopic (exact) mass is 371 g/mol.